The van der Waals surface area contributed by atoms with E-state index in [-0.39, 0.29) is 5.84 Å². The first kappa shape index (κ1) is 14.0. The van der Waals surface area contributed by atoms with Crippen molar-refractivity contribution < 1.29 is 4.74 Å². The Morgan fingerprint density at radius 3 is 2.59 bits per heavy atom. The summed E-state index contributed by atoms with van der Waals surface area (Å²) in [6, 6.07) is 7.77. The van der Waals surface area contributed by atoms with Gasteiger partial charge in [0.2, 0.25) is 0 Å². The Kier molecular flexibility index (Phi) is 6.00. The van der Waals surface area contributed by atoms with E-state index >= 15 is 0 Å². The highest BCUT2D eigenvalue weighted by Crippen LogP contribution is 2.15. The van der Waals surface area contributed by atoms with Crippen LogP contribution in [-0.4, -0.2) is 37.5 Å². The zero-order chi connectivity index (χ0) is 12.7. The molecule has 0 bridgehead atoms. The number of rotatable bonds is 7. The lowest BCUT2D eigenvalue weighted by Crippen LogP contribution is -2.28. The van der Waals surface area contributed by atoms with Gasteiger partial charge in [-0.2, -0.15) is 0 Å². The Morgan fingerprint density at radius 2 is 2.00 bits per heavy atom. The van der Waals surface area contributed by atoms with Crippen LogP contribution in [0.1, 0.15) is 6.42 Å². The second-order valence-electron chi connectivity index (χ2n) is 3.88. The predicted molar refractivity (Wildman–Crippen MR) is 73.7 cm³/mol. The normalized spacial score (nSPS) is 10.5. The third-order valence-electron chi connectivity index (χ3n) is 2.32. The van der Waals surface area contributed by atoms with Gasteiger partial charge in [0.1, 0.15) is 12.4 Å². The van der Waals surface area contributed by atoms with E-state index in [4.69, 9.17) is 15.9 Å². The summed E-state index contributed by atoms with van der Waals surface area (Å²) in [4.78, 5) is 2.10. The fourth-order valence-corrected chi connectivity index (χ4v) is 1.54. The van der Waals surface area contributed by atoms with E-state index < -0.39 is 0 Å². The summed E-state index contributed by atoms with van der Waals surface area (Å²) in [6.45, 7) is 2.25. The Bertz CT molecular complexity index is 353. The van der Waals surface area contributed by atoms with E-state index in [0.29, 0.717) is 13.0 Å². The molecular weight excluding hydrogens is 282 g/mol. The van der Waals surface area contributed by atoms with Gasteiger partial charge in [0.15, 0.2) is 0 Å². The van der Waals surface area contributed by atoms with Gasteiger partial charge < -0.3 is 15.4 Å². The molecule has 1 aromatic carbocycles. The van der Waals surface area contributed by atoms with Crippen LogP contribution < -0.4 is 10.5 Å². The zero-order valence-corrected chi connectivity index (χ0v) is 11.5. The molecule has 0 unspecified atom stereocenters. The van der Waals surface area contributed by atoms with Crippen LogP contribution in [0.4, 0.5) is 0 Å². The molecule has 4 nitrogen and oxygen atoms in total. The van der Waals surface area contributed by atoms with Crippen LogP contribution in [0.3, 0.4) is 0 Å². The third-order valence-corrected chi connectivity index (χ3v) is 2.85. The van der Waals surface area contributed by atoms with Gasteiger partial charge in [-0.05, 0) is 31.3 Å². The van der Waals surface area contributed by atoms with Crippen molar-refractivity contribution in [2.45, 2.75) is 6.42 Å². The summed E-state index contributed by atoms with van der Waals surface area (Å²) in [5, 5.41) is 7.13. The number of nitrogens with zero attached hydrogens (tertiary/aromatic N) is 1. The number of hydrogen-bond acceptors (Lipinski definition) is 3. The Morgan fingerprint density at radius 1 is 1.35 bits per heavy atom. The minimum absolute atomic E-state index is 0.227. The number of nitrogens with one attached hydrogen (secondary N) is 1. The number of halogens is 1. The largest absolute Gasteiger partial charge is 0.492 e. The maximum Gasteiger partial charge on any atom is 0.119 e. The molecule has 1 aromatic rings. The average Bonchev–Trinajstić information content (AvgIpc) is 2.29. The highest BCUT2D eigenvalue weighted by Gasteiger charge is 2.00. The number of amidine groups is 1. The molecule has 3 N–H and O–H groups in total. The number of nitrogens with two attached hydrogens (primary N) is 1. The molecule has 0 fully saturated rings. The van der Waals surface area contributed by atoms with Crippen LogP contribution in [0, 0.1) is 5.41 Å². The molecule has 0 aliphatic heterocycles. The quantitative estimate of drug-likeness (QED) is 0.598. The monoisotopic (exact) mass is 299 g/mol. The van der Waals surface area contributed by atoms with Crippen LogP contribution in [0.2, 0.25) is 0 Å². The molecule has 0 radical (unpaired) electrons. The van der Waals surface area contributed by atoms with Crippen molar-refractivity contribution >= 4 is 21.8 Å². The van der Waals surface area contributed by atoms with E-state index in [1.54, 1.807) is 0 Å². The minimum Gasteiger partial charge on any atom is -0.492 e. The highest BCUT2D eigenvalue weighted by atomic mass is 79.9. The van der Waals surface area contributed by atoms with Crippen LogP contribution in [0.15, 0.2) is 28.7 Å². The lowest BCUT2D eigenvalue weighted by atomic mass is 10.3. The molecule has 0 amide bonds. The molecule has 0 aromatic heterocycles. The summed E-state index contributed by atoms with van der Waals surface area (Å²) in [7, 11) is 1.99. The number of ether oxygens (including phenoxy) is 1. The Hall–Kier alpha value is -1.07. The topological polar surface area (TPSA) is 62.3 Å². The Labute approximate surface area is 110 Å². The fraction of sp³-hybridized carbons (Fsp3) is 0.417. The molecular formula is C12H18BrN3O. The van der Waals surface area contributed by atoms with E-state index in [9.17, 15) is 0 Å². The molecule has 5 heteroatoms. The molecule has 0 aliphatic rings. The van der Waals surface area contributed by atoms with Gasteiger partial charge in [0, 0.05) is 24.0 Å². The van der Waals surface area contributed by atoms with Crippen molar-refractivity contribution in [2.24, 2.45) is 5.73 Å². The minimum atomic E-state index is 0.227. The second-order valence-corrected chi connectivity index (χ2v) is 4.80. The number of hydrogen-bond donors (Lipinski definition) is 2. The van der Waals surface area contributed by atoms with Crippen LogP contribution in [0.5, 0.6) is 5.75 Å². The van der Waals surface area contributed by atoms with Crippen molar-refractivity contribution in [1.82, 2.24) is 4.90 Å². The summed E-state index contributed by atoms with van der Waals surface area (Å²) in [5.74, 6) is 1.10. The van der Waals surface area contributed by atoms with Crippen molar-refractivity contribution in [2.75, 3.05) is 26.7 Å². The van der Waals surface area contributed by atoms with E-state index in [2.05, 4.69) is 20.8 Å². The lowest BCUT2D eigenvalue weighted by Gasteiger charge is -2.16. The Balaban J connectivity index is 2.18. The maximum absolute atomic E-state index is 7.13. The molecule has 0 saturated carbocycles. The zero-order valence-electron chi connectivity index (χ0n) is 9.95. The smallest absolute Gasteiger partial charge is 0.119 e. The predicted octanol–water partition coefficient (Wildman–Crippen LogP) is 2.09. The molecule has 1 rings (SSSR count). The van der Waals surface area contributed by atoms with Crippen molar-refractivity contribution in [3.8, 4) is 5.75 Å². The fourth-order valence-electron chi connectivity index (χ4n) is 1.27. The van der Waals surface area contributed by atoms with Gasteiger partial charge >= 0.3 is 0 Å². The SMILES string of the molecule is CN(CCOc1ccc(Br)cc1)CCC(=N)N. The van der Waals surface area contributed by atoms with E-state index in [1.165, 1.54) is 0 Å². The van der Waals surface area contributed by atoms with Crippen molar-refractivity contribution in [3.05, 3.63) is 28.7 Å². The second kappa shape index (κ2) is 7.29. The lowest BCUT2D eigenvalue weighted by molar-refractivity contribution is 0.240. The van der Waals surface area contributed by atoms with Gasteiger partial charge in [-0.3, -0.25) is 5.41 Å². The first-order chi connectivity index (χ1) is 8.08. The summed E-state index contributed by atoms with van der Waals surface area (Å²) in [6.07, 6.45) is 0.606. The first-order valence-electron chi connectivity index (χ1n) is 5.48. The van der Waals surface area contributed by atoms with Crippen LogP contribution in [-0.2, 0) is 0 Å². The maximum atomic E-state index is 7.13. The molecule has 0 heterocycles. The molecule has 0 aliphatic carbocycles. The van der Waals surface area contributed by atoms with E-state index in [1.807, 2.05) is 31.3 Å². The summed E-state index contributed by atoms with van der Waals surface area (Å²) in [5.41, 5.74) is 5.30. The highest BCUT2D eigenvalue weighted by molar-refractivity contribution is 9.10. The number of likely N-dealkylation sites (N-methyl/N-ethyl adjacent to an activating group) is 1. The standard InChI is InChI=1S/C12H18BrN3O/c1-16(7-6-12(14)15)8-9-17-11-4-2-10(13)3-5-11/h2-5H,6-9H2,1H3,(H3,14,15). The van der Waals surface area contributed by atoms with Gasteiger partial charge in [-0.25, -0.2) is 0 Å². The van der Waals surface area contributed by atoms with Gasteiger partial charge in [0.25, 0.3) is 0 Å². The van der Waals surface area contributed by atoms with Gasteiger partial charge in [0.05, 0.1) is 5.84 Å². The van der Waals surface area contributed by atoms with Gasteiger partial charge in [-0.1, -0.05) is 15.9 Å². The molecule has 0 atom stereocenters. The number of benzene rings is 1. The molecule has 0 saturated heterocycles. The van der Waals surface area contributed by atoms with Crippen molar-refractivity contribution in [3.63, 3.8) is 0 Å². The van der Waals surface area contributed by atoms with Crippen molar-refractivity contribution in [1.29, 1.82) is 5.41 Å². The van der Waals surface area contributed by atoms with E-state index in [0.717, 1.165) is 23.3 Å². The molecule has 94 valence electrons. The molecule has 17 heavy (non-hydrogen) atoms. The van der Waals surface area contributed by atoms with Crippen LogP contribution in [0.25, 0.3) is 0 Å². The van der Waals surface area contributed by atoms with Crippen LogP contribution >= 0.6 is 15.9 Å². The first-order valence-corrected chi connectivity index (χ1v) is 6.27. The summed E-state index contributed by atoms with van der Waals surface area (Å²) >= 11 is 3.38. The average molecular weight is 300 g/mol. The van der Waals surface area contributed by atoms with Gasteiger partial charge in [-0.15, -0.1) is 0 Å². The summed E-state index contributed by atoms with van der Waals surface area (Å²) < 4.78 is 6.64. The third kappa shape index (κ3) is 6.28. The molecule has 0 spiro atoms.